The lowest BCUT2D eigenvalue weighted by Gasteiger charge is -2.19. The van der Waals surface area contributed by atoms with Crippen molar-refractivity contribution in [3.05, 3.63) is 33.9 Å². The number of carbonyl (C=O) groups is 1. The Hall–Kier alpha value is -2.11. The van der Waals surface area contributed by atoms with Gasteiger partial charge in [-0.15, -0.1) is 0 Å². The van der Waals surface area contributed by atoms with E-state index >= 15 is 0 Å². The van der Waals surface area contributed by atoms with Crippen LogP contribution < -0.4 is 5.32 Å². The molecule has 0 bridgehead atoms. The third-order valence-corrected chi connectivity index (χ3v) is 3.59. The van der Waals surface area contributed by atoms with Crippen molar-refractivity contribution >= 4 is 17.3 Å². The smallest absolute Gasteiger partial charge is 0.270 e. The fourth-order valence-corrected chi connectivity index (χ4v) is 2.21. The number of hydrogen-bond donors (Lipinski definition) is 1. The number of non-ortho nitro benzene ring substituents is 1. The molecule has 1 saturated carbocycles. The number of nitrogens with one attached hydrogen (secondary N) is 1. The Labute approximate surface area is 124 Å². The summed E-state index contributed by atoms with van der Waals surface area (Å²) in [6, 6.07) is 4.41. The van der Waals surface area contributed by atoms with E-state index in [4.69, 9.17) is 0 Å². The van der Waals surface area contributed by atoms with Crippen molar-refractivity contribution in [1.82, 2.24) is 4.90 Å². The van der Waals surface area contributed by atoms with Crippen molar-refractivity contribution in [3.63, 3.8) is 0 Å². The molecule has 114 valence electrons. The molecule has 0 saturated heterocycles. The molecule has 0 unspecified atom stereocenters. The van der Waals surface area contributed by atoms with Gasteiger partial charge in [-0.3, -0.25) is 14.9 Å². The van der Waals surface area contributed by atoms with Gasteiger partial charge in [0.15, 0.2) is 0 Å². The molecule has 0 radical (unpaired) electrons. The molecule has 6 heteroatoms. The van der Waals surface area contributed by atoms with Crippen molar-refractivity contribution in [2.45, 2.75) is 26.2 Å². The van der Waals surface area contributed by atoms with Crippen LogP contribution in [0.25, 0.3) is 0 Å². The number of benzene rings is 1. The van der Waals surface area contributed by atoms with Crippen LogP contribution in [-0.2, 0) is 0 Å². The van der Waals surface area contributed by atoms with Gasteiger partial charge in [-0.25, -0.2) is 0 Å². The molecular formula is C15H21N3O3. The van der Waals surface area contributed by atoms with Crippen LogP contribution in [0, 0.1) is 16.0 Å². The van der Waals surface area contributed by atoms with Gasteiger partial charge in [0.05, 0.1) is 10.5 Å². The number of nitro benzene ring substituents is 1. The predicted molar refractivity (Wildman–Crippen MR) is 81.6 cm³/mol. The fourth-order valence-electron chi connectivity index (χ4n) is 2.21. The van der Waals surface area contributed by atoms with Gasteiger partial charge in [0.2, 0.25) is 0 Å². The highest BCUT2D eigenvalue weighted by Gasteiger charge is 2.27. The zero-order valence-corrected chi connectivity index (χ0v) is 12.5. The molecule has 2 rings (SSSR count). The second-order valence-corrected chi connectivity index (χ2v) is 5.54. The van der Waals surface area contributed by atoms with E-state index < -0.39 is 4.92 Å². The van der Waals surface area contributed by atoms with Gasteiger partial charge in [-0.2, -0.15) is 0 Å². The number of nitrogens with zero attached hydrogens (tertiary/aromatic N) is 2. The Kier molecular flexibility index (Phi) is 4.77. The maximum atomic E-state index is 12.5. The van der Waals surface area contributed by atoms with E-state index in [0.717, 1.165) is 32.4 Å². The van der Waals surface area contributed by atoms with Crippen LogP contribution in [0.5, 0.6) is 0 Å². The van der Waals surface area contributed by atoms with Crippen molar-refractivity contribution in [3.8, 4) is 0 Å². The topological polar surface area (TPSA) is 75.5 Å². The average Bonchev–Trinajstić information content (AvgIpc) is 3.27. The summed E-state index contributed by atoms with van der Waals surface area (Å²) >= 11 is 0. The van der Waals surface area contributed by atoms with Crippen LogP contribution in [0.2, 0.25) is 0 Å². The summed E-state index contributed by atoms with van der Waals surface area (Å²) in [7, 11) is 1.75. The number of hydrogen-bond acceptors (Lipinski definition) is 4. The first-order valence-corrected chi connectivity index (χ1v) is 7.30. The van der Waals surface area contributed by atoms with Gasteiger partial charge in [-0.1, -0.05) is 6.92 Å². The molecular weight excluding hydrogens is 270 g/mol. The van der Waals surface area contributed by atoms with Crippen molar-refractivity contribution in [1.29, 1.82) is 0 Å². The lowest BCUT2D eigenvalue weighted by atomic mass is 10.1. The monoisotopic (exact) mass is 291 g/mol. The zero-order valence-electron chi connectivity index (χ0n) is 12.5. The number of carbonyl (C=O) groups excluding carboxylic acids is 1. The molecule has 1 aromatic carbocycles. The minimum absolute atomic E-state index is 0.0554. The Morgan fingerprint density at radius 2 is 2.19 bits per heavy atom. The number of anilines is 1. The molecule has 0 aromatic heterocycles. The van der Waals surface area contributed by atoms with Crippen molar-refractivity contribution in [2.75, 3.05) is 25.5 Å². The third-order valence-electron chi connectivity index (χ3n) is 3.59. The maximum absolute atomic E-state index is 12.5. The molecule has 1 aliphatic rings. The van der Waals surface area contributed by atoms with Gasteiger partial charge in [0, 0.05) is 38.0 Å². The molecule has 1 amide bonds. The highest BCUT2D eigenvalue weighted by Crippen LogP contribution is 2.30. The van der Waals surface area contributed by atoms with Crippen molar-refractivity contribution < 1.29 is 9.72 Å². The minimum atomic E-state index is -0.471. The van der Waals surface area contributed by atoms with E-state index in [1.807, 2.05) is 6.92 Å². The summed E-state index contributed by atoms with van der Waals surface area (Å²) in [5.74, 6) is 0.425. The number of amides is 1. The second-order valence-electron chi connectivity index (χ2n) is 5.54. The Balaban J connectivity index is 2.24. The van der Waals surface area contributed by atoms with Crippen LogP contribution in [0.15, 0.2) is 18.2 Å². The van der Waals surface area contributed by atoms with E-state index in [-0.39, 0.29) is 11.6 Å². The highest BCUT2D eigenvalue weighted by atomic mass is 16.6. The minimum Gasteiger partial charge on any atom is -0.384 e. The lowest BCUT2D eigenvalue weighted by Crippen LogP contribution is -2.29. The molecule has 1 fully saturated rings. The predicted octanol–water partition coefficient (Wildman–Crippen LogP) is 2.90. The van der Waals surface area contributed by atoms with E-state index in [1.165, 1.54) is 12.1 Å². The van der Waals surface area contributed by atoms with E-state index in [9.17, 15) is 14.9 Å². The zero-order chi connectivity index (χ0) is 15.4. The van der Waals surface area contributed by atoms with E-state index in [2.05, 4.69) is 5.32 Å². The van der Waals surface area contributed by atoms with Crippen LogP contribution in [0.4, 0.5) is 11.4 Å². The standard InChI is InChI=1S/C15H21N3O3/c1-3-8-16-14-7-6-12(18(20)21)9-13(14)15(19)17(2)10-11-4-5-11/h6-7,9,11,16H,3-5,8,10H2,1-2H3. The Morgan fingerprint density at radius 3 is 2.76 bits per heavy atom. The van der Waals surface area contributed by atoms with Crippen LogP contribution in [0.1, 0.15) is 36.5 Å². The Morgan fingerprint density at radius 1 is 1.48 bits per heavy atom. The normalized spacial score (nSPS) is 13.8. The quantitative estimate of drug-likeness (QED) is 0.619. The largest absolute Gasteiger partial charge is 0.384 e. The number of nitro groups is 1. The summed E-state index contributed by atoms with van der Waals surface area (Å²) in [6.45, 7) is 3.47. The highest BCUT2D eigenvalue weighted by molar-refractivity contribution is 6.00. The Bertz CT molecular complexity index is 541. The average molecular weight is 291 g/mol. The lowest BCUT2D eigenvalue weighted by molar-refractivity contribution is -0.384. The first-order valence-electron chi connectivity index (χ1n) is 7.30. The molecule has 21 heavy (non-hydrogen) atoms. The van der Waals surface area contributed by atoms with Crippen LogP contribution in [0.3, 0.4) is 0 Å². The molecule has 1 N–H and O–H groups in total. The molecule has 0 atom stereocenters. The molecule has 6 nitrogen and oxygen atoms in total. The van der Waals surface area contributed by atoms with Crippen LogP contribution >= 0.6 is 0 Å². The molecule has 1 aliphatic carbocycles. The molecule has 0 heterocycles. The van der Waals surface area contributed by atoms with Gasteiger partial charge >= 0.3 is 0 Å². The van der Waals surface area contributed by atoms with Gasteiger partial charge < -0.3 is 10.2 Å². The summed E-state index contributed by atoms with van der Waals surface area (Å²) in [5, 5.41) is 14.1. The second kappa shape index (κ2) is 6.56. The van der Waals surface area contributed by atoms with E-state index in [1.54, 1.807) is 18.0 Å². The van der Waals surface area contributed by atoms with Gasteiger partial charge in [0.25, 0.3) is 11.6 Å². The van der Waals surface area contributed by atoms with Crippen molar-refractivity contribution in [2.24, 2.45) is 5.92 Å². The first-order chi connectivity index (χ1) is 10.0. The fraction of sp³-hybridized carbons (Fsp3) is 0.533. The summed E-state index contributed by atoms with van der Waals surface area (Å²) in [4.78, 5) is 24.6. The first kappa shape index (κ1) is 15.3. The van der Waals surface area contributed by atoms with Gasteiger partial charge in [-0.05, 0) is 31.2 Å². The third kappa shape index (κ3) is 3.93. The van der Waals surface area contributed by atoms with Gasteiger partial charge in [0.1, 0.15) is 0 Å². The molecule has 1 aromatic rings. The van der Waals surface area contributed by atoms with Crippen LogP contribution in [-0.4, -0.2) is 35.9 Å². The molecule has 0 spiro atoms. The summed E-state index contributed by atoms with van der Waals surface area (Å²) in [5.41, 5.74) is 0.983. The summed E-state index contributed by atoms with van der Waals surface area (Å²) < 4.78 is 0. The van der Waals surface area contributed by atoms with E-state index in [0.29, 0.717) is 17.2 Å². The number of rotatable bonds is 7. The SMILES string of the molecule is CCCNc1ccc([N+](=O)[O-])cc1C(=O)N(C)CC1CC1. The molecule has 0 aliphatic heterocycles. The maximum Gasteiger partial charge on any atom is 0.270 e. The summed E-state index contributed by atoms with van der Waals surface area (Å²) in [6.07, 6.45) is 3.24.